The number of rotatable bonds is 3. The van der Waals surface area contributed by atoms with Gasteiger partial charge in [0.15, 0.2) is 0 Å². The molecule has 0 aliphatic rings. The molecule has 0 saturated heterocycles. The van der Waals surface area contributed by atoms with E-state index in [1.165, 1.54) is 0 Å². The summed E-state index contributed by atoms with van der Waals surface area (Å²) in [6.45, 7) is 0. The summed E-state index contributed by atoms with van der Waals surface area (Å²) in [5.74, 6) is 0. The molecule has 0 aliphatic carbocycles. The van der Waals surface area contributed by atoms with Crippen molar-refractivity contribution in [1.82, 2.24) is 0 Å². The predicted molar refractivity (Wildman–Crippen MR) is 218 cm³/mol. The van der Waals surface area contributed by atoms with Gasteiger partial charge in [0.05, 0.1) is 11.0 Å². The predicted octanol–water partition coefficient (Wildman–Crippen LogP) is 14.4. The lowest BCUT2D eigenvalue weighted by atomic mass is 9.85. The first-order valence-corrected chi connectivity index (χ1v) is 16.9. The monoisotopic (exact) mass is 654 g/mol. The Morgan fingerprint density at radius 1 is 0.353 bits per heavy atom. The number of hydrogen-bond donors (Lipinski definition) is 0. The average molecular weight is 655 g/mol. The molecule has 236 valence electrons. The van der Waals surface area contributed by atoms with Crippen molar-refractivity contribution in [1.29, 1.82) is 0 Å². The van der Waals surface area contributed by atoms with Gasteiger partial charge in [-0.05, 0) is 105 Å². The quantitative estimate of drug-likeness (QED) is 0.173. The zero-order valence-corrected chi connectivity index (χ0v) is 27.1. The zero-order chi connectivity index (χ0) is 40.4. The molecule has 0 atom stereocenters. The van der Waals surface area contributed by atoms with Crippen molar-refractivity contribution in [2.45, 2.75) is 0 Å². The molecular formula is C50H30O. The van der Waals surface area contributed by atoms with Crippen molar-refractivity contribution in [2.24, 2.45) is 0 Å². The second-order valence-corrected chi connectivity index (χ2v) is 13.0. The molecular weight excluding hydrogens is 617 g/mol. The van der Waals surface area contributed by atoms with Crippen LogP contribution in [0.15, 0.2) is 186 Å². The molecule has 11 rings (SSSR count). The first kappa shape index (κ1) is 21.4. The number of furan rings is 1. The highest BCUT2D eigenvalue weighted by molar-refractivity contribution is 6.28. The van der Waals surface area contributed by atoms with E-state index in [4.69, 9.17) is 9.90 Å². The maximum absolute atomic E-state index is 9.35. The third-order valence-electron chi connectivity index (χ3n) is 10.3. The molecule has 0 spiro atoms. The van der Waals surface area contributed by atoms with Gasteiger partial charge in [0.2, 0.25) is 0 Å². The van der Waals surface area contributed by atoms with Crippen molar-refractivity contribution >= 4 is 75.8 Å². The molecule has 1 heteroatoms. The molecule has 11 aromatic rings. The van der Waals surface area contributed by atoms with Crippen LogP contribution in [0.2, 0.25) is 0 Å². The lowest BCUT2D eigenvalue weighted by molar-refractivity contribution is 0.669. The Hall–Kier alpha value is -6.70. The Bertz CT molecular complexity index is 3560. The molecule has 51 heavy (non-hydrogen) atoms. The number of benzene rings is 10. The fraction of sp³-hybridized carbons (Fsp3) is 0. The van der Waals surface area contributed by atoms with Crippen molar-refractivity contribution in [3.05, 3.63) is 182 Å². The Morgan fingerprint density at radius 3 is 1.57 bits per heavy atom. The summed E-state index contributed by atoms with van der Waals surface area (Å²) < 4.78 is 79.0. The first-order valence-electron chi connectivity index (χ1n) is 20.9. The lowest BCUT2D eigenvalue weighted by Gasteiger charge is -2.18. The Kier molecular flexibility index (Phi) is 4.57. The summed E-state index contributed by atoms with van der Waals surface area (Å²) >= 11 is 0. The Labute approximate surface area is 305 Å². The van der Waals surface area contributed by atoms with Crippen molar-refractivity contribution < 1.29 is 15.4 Å². The van der Waals surface area contributed by atoms with E-state index in [2.05, 4.69) is 36.4 Å². The molecule has 1 nitrogen and oxygen atoms in total. The summed E-state index contributed by atoms with van der Waals surface area (Å²) in [6, 6.07) is 40.9. The minimum Gasteiger partial charge on any atom is -0.456 e. The van der Waals surface area contributed by atoms with Crippen LogP contribution in [0.4, 0.5) is 0 Å². The molecule has 0 amide bonds. The number of hydrogen-bond acceptors (Lipinski definition) is 1. The van der Waals surface area contributed by atoms with Crippen LogP contribution in [0.25, 0.3) is 109 Å². The molecule has 0 radical (unpaired) electrons. The van der Waals surface area contributed by atoms with E-state index in [1.807, 2.05) is 97.1 Å². The molecule has 0 bridgehead atoms. The molecule has 10 aromatic carbocycles. The maximum Gasteiger partial charge on any atom is 0.136 e. The summed E-state index contributed by atoms with van der Waals surface area (Å²) in [6.07, 6.45) is 0. The fourth-order valence-electron chi connectivity index (χ4n) is 8.00. The van der Waals surface area contributed by atoms with Crippen molar-refractivity contribution in [3.8, 4) is 33.4 Å². The lowest BCUT2D eigenvalue weighted by Crippen LogP contribution is -1.91. The van der Waals surface area contributed by atoms with Gasteiger partial charge in [-0.25, -0.2) is 0 Å². The van der Waals surface area contributed by atoms with E-state index < -0.39 is 24.2 Å². The minimum atomic E-state index is -0.427. The highest BCUT2D eigenvalue weighted by Crippen LogP contribution is 2.46. The normalized spacial score (nSPS) is 14.1. The molecule has 0 unspecified atom stereocenters. The first-order chi connectivity index (χ1) is 28.6. The summed E-state index contributed by atoms with van der Waals surface area (Å²) in [4.78, 5) is 0. The third-order valence-corrected chi connectivity index (χ3v) is 10.3. The van der Waals surface area contributed by atoms with E-state index in [-0.39, 0.29) is 45.7 Å². The Morgan fingerprint density at radius 2 is 0.863 bits per heavy atom. The van der Waals surface area contributed by atoms with Gasteiger partial charge >= 0.3 is 0 Å². The highest BCUT2D eigenvalue weighted by atomic mass is 16.3. The van der Waals surface area contributed by atoms with Crippen LogP contribution in [-0.4, -0.2) is 0 Å². The van der Waals surface area contributed by atoms with Crippen LogP contribution in [0, 0.1) is 0 Å². The number of fused-ring (bicyclic) bond motifs is 10. The third kappa shape index (κ3) is 4.22. The molecule has 0 aliphatic heterocycles. The second-order valence-electron chi connectivity index (χ2n) is 13.0. The summed E-state index contributed by atoms with van der Waals surface area (Å²) in [7, 11) is 0. The summed E-state index contributed by atoms with van der Waals surface area (Å²) in [5, 5.41) is 9.04. The van der Waals surface area contributed by atoms with E-state index in [9.17, 15) is 5.48 Å². The largest absolute Gasteiger partial charge is 0.456 e. The van der Waals surface area contributed by atoms with Gasteiger partial charge in [-0.3, -0.25) is 0 Å². The fourth-order valence-corrected chi connectivity index (χ4v) is 8.00. The van der Waals surface area contributed by atoms with Gasteiger partial charge in [-0.15, -0.1) is 0 Å². The van der Waals surface area contributed by atoms with Gasteiger partial charge in [-0.1, -0.05) is 164 Å². The average Bonchev–Trinajstić information content (AvgIpc) is 3.67. The van der Waals surface area contributed by atoms with Gasteiger partial charge in [0, 0.05) is 10.8 Å². The molecule has 0 saturated carbocycles. The van der Waals surface area contributed by atoms with Crippen LogP contribution in [0.1, 0.15) is 11.0 Å². The van der Waals surface area contributed by atoms with Crippen molar-refractivity contribution in [2.75, 3.05) is 0 Å². The van der Waals surface area contributed by atoms with E-state index in [0.29, 0.717) is 22.3 Å². The van der Waals surface area contributed by atoms with Crippen LogP contribution in [0.5, 0.6) is 0 Å². The highest BCUT2D eigenvalue weighted by Gasteiger charge is 2.19. The minimum absolute atomic E-state index is 0.186. The topological polar surface area (TPSA) is 13.1 Å². The van der Waals surface area contributed by atoms with Gasteiger partial charge in [0.25, 0.3) is 0 Å². The van der Waals surface area contributed by atoms with E-state index in [0.717, 1.165) is 65.4 Å². The van der Waals surface area contributed by atoms with Gasteiger partial charge < -0.3 is 4.42 Å². The molecule has 0 fully saturated rings. The van der Waals surface area contributed by atoms with Gasteiger partial charge in [-0.2, -0.15) is 0 Å². The van der Waals surface area contributed by atoms with E-state index >= 15 is 0 Å². The van der Waals surface area contributed by atoms with Crippen LogP contribution >= 0.6 is 0 Å². The molecule has 1 heterocycles. The van der Waals surface area contributed by atoms with Crippen molar-refractivity contribution in [3.63, 3.8) is 0 Å². The summed E-state index contributed by atoms with van der Waals surface area (Å²) in [5.41, 5.74) is 5.14. The van der Waals surface area contributed by atoms with E-state index in [1.54, 1.807) is 0 Å². The molecule has 0 N–H and O–H groups in total. The van der Waals surface area contributed by atoms with Crippen LogP contribution in [0.3, 0.4) is 0 Å². The maximum atomic E-state index is 9.35. The Balaban J connectivity index is 1.21. The second kappa shape index (κ2) is 10.9. The van der Waals surface area contributed by atoms with Crippen LogP contribution in [-0.2, 0) is 0 Å². The van der Waals surface area contributed by atoms with Gasteiger partial charge in [0.1, 0.15) is 11.2 Å². The standard InChI is InChI=1S/C50H30O/c1-2-13-35-29-36(26-21-31(35)11-1)48-42-19-9-7-17-40(42)47(41-18-8-10-20-43(41)48)34-24-22-33(23-25-34)44-30-46-50(39-16-6-5-15-38(39)44)49-37-14-4-3-12-32(37)27-28-45(49)51-46/h1-30H/i7D,8D,9D,10D,17D,18D,19D,20D. The molecule has 1 aromatic heterocycles. The zero-order valence-electron chi connectivity index (χ0n) is 35.1. The SMILES string of the molecule is [2H]c1c([2H])c([2H])c2c(-c3ccc4ccccc4c3)c3c([2H])c([2H])c([2H])c([2H])c3c(-c3ccc(-c4cc5oc6ccc7ccccc7c6c5c5ccccc45)cc3)c2c1[2H]. The smallest absolute Gasteiger partial charge is 0.136 e. The van der Waals surface area contributed by atoms with Crippen LogP contribution < -0.4 is 0 Å².